The van der Waals surface area contributed by atoms with Crippen molar-refractivity contribution in [1.82, 2.24) is 5.43 Å². The van der Waals surface area contributed by atoms with Crippen molar-refractivity contribution in [2.24, 2.45) is 11.3 Å². The van der Waals surface area contributed by atoms with Gasteiger partial charge in [-0.1, -0.05) is 19.1 Å². The molecule has 3 nitrogen and oxygen atoms in total. The summed E-state index contributed by atoms with van der Waals surface area (Å²) in [6, 6.07) is 8.46. The van der Waals surface area contributed by atoms with Crippen molar-refractivity contribution >= 4 is 0 Å². The van der Waals surface area contributed by atoms with Crippen LogP contribution in [0.15, 0.2) is 24.3 Å². The van der Waals surface area contributed by atoms with Gasteiger partial charge in [-0.3, -0.25) is 11.3 Å². The van der Waals surface area contributed by atoms with Gasteiger partial charge in [0.15, 0.2) is 0 Å². The highest BCUT2D eigenvalue weighted by molar-refractivity contribution is 5.31. The lowest BCUT2D eigenvalue weighted by Gasteiger charge is -2.23. The fraction of sp³-hybridized carbons (Fsp3) is 0.538. The zero-order valence-corrected chi connectivity index (χ0v) is 9.99. The Hall–Kier alpha value is -1.06. The summed E-state index contributed by atoms with van der Waals surface area (Å²) in [5.74, 6) is 6.57. The Morgan fingerprint density at radius 3 is 2.44 bits per heavy atom. The summed E-state index contributed by atoms with van der Waals surface area (Å²) < 4.78 is 5.42. The fourth-order valence-corrected chi connectivity index (χ4v) is 2.11. The molecule has 1 saturated carbocycles. The van der Waals surface area contributed by atoms with Crippen LogP contribution in [0.25, 0.3) is 0 Å². The Balaban J connectivity index is 2.13. The topological polar surface area (TPSA) is 47.3 Å². The van der Waals surface area contributed by atoms with Crippen molar-refractivity contribution in [2.75, 3.05) is 6.61 Å². The molecule has 1 fully saturated rings. The van der Waals surface area contributed by atoms with Gasteiger partial charge in [0, 0.05) is 0 Å². The van der Waals surface area contributed by atoms with Crippen molar-refractivity contribution in [2.45, 2.75) is 32.7 Å². The Kier molecular flexibility index (Phi) is 3.17. The van der Waals surface area contributed by atoms with Crippen LogP contribution in [0.3, 0.4) is 0 Å². The molecule has 0 bridgehead atoms. The molecule has 1 aliphatic carbocycles. The summed E-state index contributed by atoms with van der Waals surface area (Å²) in [6.45, 7) is 4.97. The van der Waals surface area contributed by atoms with Crippen LogP contribution in [0.1, 0.15) is 38.3 Å². The molecule has 0 spiro atoms. The monoisotopic (exact) mass is 220 g/mol. The van der Waals surface area contributed by atoms with Crippen LogP contribution in [-0.2, 0) is 0 Å². The molecular weight excluding hydrogens is 200 g/mol. The first-order chi connectivity index (χ1) is 7.69. The van der Waals surface area contributed by atoms with Crippen molar-refractivity contribution in [3.05, 3.63) is 29.8 Å². The molecule has 0 aromatic heterocycles. The van der Waals surface area contributed by atoms with E-state index >= 15 is 0 Å². The lowest BCUT2D eigenvalue weighted by molar-refractivity contribution is 0.339. The normalized spacial score (nSPS) is 19.2. The van der Waals surface area contributed by atoms with Gasteiger partial charge >= 0.3 is 0 Å². The molecule has 2 rings (SSSR count). The minimum Gasteiger partial charge on any atom is -0.494 e. The van der Waals surface area contributed by atoms with Crippen molar-refractivity contribution < 1.29 is 4.74 Å². The first kappa shape index (κ1) is 11.4. The van der Waals surface area contributed by atoms with Crippen LogP contribution in [-0.4, -0.2) is 6.61 Å². The van der Waals surface area contributed by atoms with Gasteiger partial charge in [-0.05, 0) is 42.9 Å². The summed E-state index contributed by atoms with van der Waals surface area (Å²) in [5, 5.41) is 0. The minimum atomic E-state index is 0.253. The molecule has 0 saturated heterocycles. The van der Waals surface area contributed by atoms with E-state index in [4.69, 9.17) is 10.6 Å². The third-order valence-electron chi connectivity index (χ3n) is 3.43. The van der Waals surface area contributed by atoms with Gasteiger partial charge in [-0.2, -0.15) is 0 Å². The molecule has 3 heteroatoms. The SMILES string of the molecule is CCOc1ccc(C(NN)C2(C)CC2)cc1. The van der Waals surface area contributed by atoms with Crippen LogP contribution < -0.4 is 16.0 Å². The fourth-order valence-electron chi connectivity index (χ4n) is 2.11. The van der Waals surface area contributed by atoms with E-state index in [-0.39, 0.29) is 6.04 Å². The summed E-state index contributed by atoms with van der Waals surface area (Å²) in [6.07, 6.45) is 2.49. The van der Waals surface area contributed by atoms with Gasteiger partial charge in [-0.25, -0.2) is 0 Å². The first-order valence-electron chi connectivity index (χ1n) is 5.88. The lowest BCUT2D eigenvalue weighted by Crippen LogP contribution is -2.33. The molecule has 1 aromatic carbocycles. The Labute approximate surface area is 97.0 Å². The molecule has 88 valence electrons. The molecular formula is C13H20N2O. The zero-order valence-electron chi connectivity index (χ0n) is 9.99. The van der Waals surface area contributed by atoms with Crippen LogP contribution in [0, 0.1) is 5.41 Å². The van der Waals surface area contributed by atoms with Gasteiger partial charge in [0.25, 0.3) is 0 Å². The van der Waals surface area contributed by atoms with Gasteiger partial charge < -0.3 is 4.74 Å². The summed E-state index contributed by atoms with van der Waals surface area (Å²) in [4.78, 5) is 0. The maximum atomic E-state index is 5.65. The number of hydrogen-bond donors (Lipinski definition) is 2. The molecule has 16 heavy (non-hydrogen) atoms. The zero-order chi connectivity index (χ0) is 11.6. The minimum absolute atomic E-state index is 0.253. The van der Waals surface area contributed by atoms with E-state index in [0.29, 0.717) is 12.0 Å². The number of nitrogens with two attached hydrogens (primary N) is 1. The Morgan fingerprint density at radius 2 is 2.00 bits per heavy atom. The van der Waals surface area contributed by atoms with Gasteiger partial charge in [-0.15, -0.1) is 0 Å². The molecule has 3 N–H and O–H groups in total. The van der Waals surface area contributed by atoms with Crippen LogP contribution in [0.5, 0.6) is 5.75 Å². The van der Waals surface area contributed by atoms with Crippen LogP contribution in [0.2, 0.25) is 0 Å². The molecule has 1 atom stereocenters. The molecule has 1 aromatic rings. The van der Waals surface area contributed by atoms with E-state index in [9.17, 15) is 0 Å². The second-order valence-corrected chi connectivity index (χ2v) is 4.76. The molecule has 1 unspecified atom stereocenters. The average molecular weight is 220 g/mol. The number of benzene rings is 1. The van der Waals surface area contributed by atoms with Crippen molar-refractivity contribution in [1.29, 1.82) is 0 Å². The smallest absolute Gasteiger partial charge is 0.119 e. The molecule has 0 heterocycles. The standard InChI is InChI=1S/C13H20N2O/c1-3-16-11-6-4-10(5-7-11)12(15-14)13(2)8-9-13/h4-7,12,15H,3,8-9,14H2,1-2H3. The van der Waals surface area contributed by atoms with Gasteiger partial charge in [0.1, 0.15) is 5.75 Å². The molecule has 0 amide bonds. The highest BCUT2D eigenvalue weighted by Gasteiger charge is 2.45. The number of nitrogens with one attached hydrogen (secondary N) is 1. The van der Waals surface area contributed by atoms with E-state index in [0.717, 1.165) is 5.75 Å². The van der Waals surface area contributed by atoms with E-state index in [1.165, 1.54) is 18.4 Å². The second-order valence-electron chi connectivity index (χ2n) is 4.76. The maximum Gasteiger partial charge on any atom is 0.119 e. The van der Waals surface area contributed by atoms with Crippen molar-refractivity contribution in [3.63, 3.8) is 0 Å². The number of ether oxygens (including phenoxy) is 1. The van der Waals surface area contributed by atoms with Crippen molar-refractivity contribution in [3.8, 4) is 5.75 Å². The highest BCUT2D eigenvalue weighted by Crippen LogP contribution is 2.54. The average Bonchev–Trinajstić information content (AvgIpc) is 3.01. The molecule has 1 aliphatic rings. The number of hydrazine groups is 1. The summed E-state index contributed by atoms with van der Waals surface area (Å²) >= 11 is 0. The lowest BCUT2D eigenvalue weighted by atomic mass is 9.92. The van der Waals surface area contributed by atoms with E-state index < -0.39 is 0 Å². The Morgan fingerprint density at radius 1 is 1.38 bits per heavy atom. The second kappa shape index (κ2) is 4.44. The molecule has 0 radical (unpaired) electrons. The van der Waals surface area contributed by atoms with E-state index in [1.54, 1.807) is 0 Å². The van der Waals surface area contributed by atoms with Crippen LogP contribution in [0.4, 0.5) is 0 Å². The largest absolute Gasteiger partial charge is 0.494 e. The number of hydrogen-bond acceptors (Lipinski definition) is 3. The van der Waals surface area contributed by atoms with Crippen LogP contribution >= 0.6 is 0 Å². The summed E-state index contributed by atoms with van der Waals surface area (Å²) in [7, 11) is 0. The third kappa shape index (κ3) is 2.20. The number of rotatable bonds is 5. The van der Waals surface area contributed by atoms with Gasteiger partial charge in [0.2, 0.25) is 0 Å². The first-order valence-corrected chi connectivity index (χ1v) is 5.88. The van der Waals surface area contributed by atoms with Gasteiger partial charge in [0.05, 0.1) is 12.6 Å². The summed E-state index contributed by atoms with van der Waals surface area (Å²) in [5.41, 5.74) is 4.51. The Bertz CT molecular complexity index is 343. The predicted octanol–water partition coefficient (Wildman–Crippen LogP) is 2.39. The highest BCUT2D eigenvalue weighted by atomic mass is 16.5. The van der Waals surface area contributed by atoms with E-state index in [2.05, 4.69) is 24.5 Å². The quantitative estimate of drug-likeness (QED) is 0.591. The third-order valence-corrected chi connectivity index (χ3v) is 3.43. The maximum absolute atomic E-state index is 5.65. The molecule has 0 aliphatic heterocycles. The van der Waals surface area contributed by atoms with E-state index in [1.807, 2.05) is 19.1 Å². The predicted molar refractivity (Wildman–Crippen MR) is 65.0 cm³/mol.